The van der Waals surface area contributed by atoms with Gasteiger partial charge in [-0.2, -0.15) is 0 Å². The zero-order valence-corrected chi connectivity index (χ0v) is 16.8. The van der Waals surface area contributed by atoms with Crippen LogP contribution in [0.4, 0.5) is 10.5 Å². The van der Waals surface area contributed by atoms with Crippen molar-refractivity contribution in [2.45, 2.75) is 65.3 Å². The number of ether oxygens (including phenoxy) is 1. The van der Waals surface area contributed by atoms with Crippen LogP contribution in [0.2, 0.25) is 0 Å². The average Bonchev–Trinajstić information content (AvgIpc) is 2.58. The maximum atomic E-state index is 11.9. The van der Waals surface area contributed by atoms with E-state index >= 15 is 0 Å². The molecule has 0 aliphatic carbocycles. The molecule has 1 aliphatic rings. The highest BCUT2D eigenvalue weighted by atomic mass is 79.9. The Morgan fingerprint density at radius 2 is 1.79 bits per heavy atom. The van der Waals surface area contributed by atoms with Gasteiger partial charge >= 0.3 is 13.2 Å². The Bertz CT molecular complexity index is 627. The Morgan fingerprint density at radius 3 is 2.29 bits per heavy atom. The third-order valence-corrected chi connectivity index (χ3v) is 4.68. The van der Waals surface area contributed by atoms with E-state index in [-0.39, 0.29) is 0 Å². The molecule has 1 fully saturated rings. The number of pyridine rings is 1. The standard InChI is InChI=1S/C16H24BBrN2O4/c1-14(2,3)22-13(21)20-10-8-11(12(18)19-9-10)17-23-15(4,5)16(6,7)24-17/h8-9H,1-7H3,(H,20,21). The summed E-state index contributed by atoms with van der Waals surface area (Å²) in [6.07, 6.45) is 1.01. The fourth-order valence-corrected chi connectivity index (χ4v) is 2.49. The normalized spacial score (nSPS) is 19.2. The highest BCUT2D eigenvalue weighted by Gasteiger charge is 2.52. The van der Waals surface area contributed by atoms with Gasteiger partial charge < -0.3 is 14.0 Å². The Balaban J connectivity index is 2.20. The van der Waals surface area contributed by atoms with Crippen LogP contribution in [0.25, 0.3) is 0 Å². The molecule has 24 heavy (non-hydrogen) atoms. The van der Waals surface area contributed by atoms with E-state index in [1.807, 2.05) is 48.5 Å². The quantitative estimate of drug-likeness (QED) is 0.609. The number of hydrogen-bond donors (Lipinski definition) is 1. The summed E-state index contributed by atoms with van der Waals surface area (Å²) >= 11 is 3.42. The van der Waals surface area contributed by atoms with Crippen molar-refractivity contribution in [3.05, 3.63) is 16.9 Å². The first-order valence-corrected chi connectivity index (χ1v) is 8.61. The smallest absolute Gasteiger partial charge is 0.444 e. The van der Waals surface area contributed by atoms with Gasteiger partial charge in [0.05, 0.1) is 23.1 Å². The fraction of sp³-hybridized carbons (Fsp3) is 0.625. The van der Waals surface area contributed by atoms with Gasteiger partial charge in [0.1, 0.15) is 10.2 Å². The van der Waals surface area contributed by atoms with E-state index in [1.54, 1.807) is 12.3 Å². The molecule has 0 spiro atoms. The van der Waals surface area contributed by atoms with Crippen LogP contribution >= 0.6 is 15.9 Å². The molecule has 6 nitrogen and oxygen atoms in total. The molecule has 1 amide bonds. The van der Waals surface area contributed by atoms with Crippen molar-refractivity contribution in [2.75, 3.05) is 5.32 Å². The number of carbonyl (C=O) groups excluding carboxylic acids is 1. The minimum atomic E-state index is -0.572. The Hall–Kier alpha value is -1.12. The first-order chi connectivity index (χ1) is 10.8. The topological polar surface area (TPSA) is 69.7 Å². The molecule has 0 bridgehead atoms. The number of carbonyl (C=O) groups is 1. The zero-order valence-electron chi connectivity index (χ0n) is 15.2. The van der Waals surface area contributed by atoms with E-state index in [0.29, 0.717) is 15.8 Å². The number of hydrogen-bond acceptors (Lipinski definition) is 5. The van der Waals surface area contributed by atoms with Crippen LogP contribution in [0, 0.1) is 0 Å². The van der Waals surface area contributed by atoms with E-state index in [9.17, 15) is 4.79 Å². The molecular formula is C16H24BBrN2O4. The van der Waals surface area contributed by atoms with Gasteiger partial charge in [0.2, 0.25) is 0 Å². The summed E-state index contributed by atoms with van der Waals surface area (Å²) in [6.45, 7) is 13.4. The summed E-state index contributed by atoms with van der Waals surface area (Å²) in [5, 5.41) is 2.68. The number of nitrogens with one attached hydrogen (secondary N) is 1. The Labute approximate surface area is 151 Å². The lowest BCUT2D eigenvalue weighted by Gasteiger charge is -2.32. The molecule has 0 radical (unpaired) electrons. The van der Waals surface area contributed by atoms with Gasteiger partial charge in [0, 0.05) is 5.46 Å². The predicted octanol–water partition coefficient (Wildman–Crippen LogP) is 3.49. The molecule has 132 valence electrons. The van der Waals surface area contributed by atoms with Crippen molar-refractivity contribution in [3.63, 3.8) is 0 Å². The number of halogens is 1. The average molecular weight is 399 g/mol. The summed E-state index contributed by atoms with van der Waals surface area (Å²) in [5.74, 6) is 0. The van der Waals surface area contributed by atoms with Crippen LogP contribution in [0.5, 0.6) is 0 Å². The van der Waals surface area contributed by atoms with Crippen molar-refractivity contribution in [1.29, 1.82) is 0 Å². The molecule has 0 aromatic carbocycles. The molecule has 1 N–H and O–H groups in total. The van der Waals surface area contributed by atoms with Crippen LogP contribution in [0.15, 0.2) is 16.9 Å². The monoisotopic (exact) mass is 398 g/mol. The molecule has 0 unspecified atom stereocenters. The van der Waals surface area contributed by atoms with Crippen LogP contribution in [0.3, 0.4) is 0 Å². The second-order valence-corrected chi connectivity index (χ2v) is 8.57. The van der Waals surface area contributed by atoms with Crippen molar-refractivity contribution in [1.82, 2.24) is 4.98 Å². The minimum absolute atomic E-state index is 0.453. The second-order valence-electron chi connectivity index (χ2n) is 7.82. The highest BCUT2D eigenvalue weighted by molar-refractivity contribution is 9.10. The van der Waals surface area contributed by atoms with E-state index in [0.717, 1.165) is 0 Å². The predicted molar refractivity (Wildman–Crippen MR) is 97.5 cm³/mol. The molecule has 1 aromatic heterocycles. The molecule has 2 heterocycles. The number of anilines is 1. The summed E-state index contributed by atoms with van der Waals surface area (Å²) in [6, 6.07) is 1.77. The lowest BCUT2D eigenvalue weighted by atomic mass is 9.80. The highest BCUT2D eigenvalue weighted by Crippen LogP contribution is 2.37. The Morgan fingerprint density at radius 1 is 1.25 bits per heavy atom. The second kappa shape index (κ2) is 6.31. The molecule has 1 aliphatic heterocycles. The Kier molecular flexibility index (Phi) is 5.05. The first-order valence-electron chi connectivity index (χ1n) is 7.82. The first kappa shape index (κ1) is 19.2. The van der Waals surface area contributed by atoms with Gasteiger partial charge in [0.15, 0.2) is 0 Å². The third kappa shape index (κ3) is 4.29. The summed E-state index contributed by atoms with van der Waals surface area (Å²) in [4.78, 5) is 16.2. The van der Waals surface area contributed by atoms with Gasteiger partial charge in [-0.25, -0.2) is 9.78 Å². The van der Waals surface area contributed by atoms with Crippen LogP contribution in [-0.2, 0) is 14.0 Å². The molecular weight excluding hydrogens is 375 g/mol. The van der Waals surface area contributed by atoms with Gasteiger partial charge in [-0.05, 0) is 70.5 Å². The van der Waals surface area contributed by atoms with Crippen LogP contribution in [0.1, 0.15) is 48.5 Å². The van der Waals surface area contributed by atoms with Gasteiger partial charge in [-0.3, -0.25) is 5.32 Å². The van der Waals surface area contributed by atoms with Gasteiger partial charge in [0.25, 0.3) is 0 Å². The van der Waals surface area contributed by atoms with Crippen molar-refractivity contribution in [3.8, 4) is 0 Å². The van der Waals surface area contributed by atoms with Gasteiger partial charge in [-0.1, -0.05) is 0 Å². The number of nitrogens with zero attached hydrogens (tertiary/aromatic N) is 1. The number of aromatic nitrogens is 1. The van der Waals surface area contributed by atoms with E-state index in [2.05, 4.69) is 26.2 Å². The maximum absolute atomic E-state index is 11.9. The largest absolute Gasteiger partial charge is 0.497 e. The SMILES string of the molecule is CC(C)(C)OC(=O)Nc1cnc(Br)c(B2OC(C)(C)C(C)(C)O2)c1. The zero-order chi connectivity index (χ0) is 18.3. The summed E-state index contributed by atoms with van der Waals surface area (Å²) in [7, 11) is -0.572. The molecule has 1 aromatic rings. The van der Waals surface area contributed by atoms with Crippen LogP contribution in [-0.4, -0.2) is 35.0 Å². The van der Waals surface area contributed by atoms with E-state index in [4.69, 9.17) is 14.0 Å². The fourth-order valence-electron chi connectivity index (χ4n) is 2.09. The van der Waals surface area contributed by atoms with E-state index in [1.165, 1.54) is 0 Å². The van der Waals surface area contributed by atoms with Crippen molar-refractivity contribution in [2.24, 2.45) is 0 Å². The molecule has 1 saturated heterocycles. The third-order valence-electron chi connectivity index (χ3n) is 4.02. The number of rotatable bonds is 2. The lowest BCUT2D eigenvalue weighted by molar-refractivity contribution is 0.00578. The summed E-state index contributed by atoms with van der Waals surface area (Å²) < 4.78 is 17.9. The maximum Gasteiger partial charge on any atom is 0.497 e. The van der Waals surface area contributed by atoms with Gasteiger partial charge in [-0.15, -0.1) is 0 Å². The minimum Gasteiger partial charge on any atom is -0.444 e. The lowest BCUT2D eigenvalue weighted by Crippen LogP contribution is -2.41. The number of amides is 1. The van der Waals surface area contributed by atoms with Crippen molar-refractivity contribution >= 4 is 40.3 Å². The molecule has 0 atom stereocenters. The van der Waals surface area contributed by atoms with E-state index < -0.39 is 30.0 Å². The summed E-state index contributed by atoms with van der Waals surface area (Å²) in [5.41, 5.74) is -0.252. The molecule has 8 heteroatoms. The van der Waals surface area contributed by atoms with Crippen molar-refractivity contribution < 1.29 is 18.8 Å². The molecule has 2 rings (SSSR count). The molecule has 0 saturated carbocycles. The van der Waals surface area contributed by atoms with Crippen LogP contribution < -0.4 is 10.8 Å².